The topological polar surface area (TPSA) is 50.4 Å². The second-order valence-electron chi connectivity index (χ2n) is 3.63. The Bertz CT molecular complexity index is 530. The van der Waals surface area contributed by atoms with E-state index in [4.69, 9.17) is 9.52 Å². The quantitative estimate of drug-likeness (QED) is 0.867. The first-order chi connectivity index (χ1) is 7.61. The molecule has 0 aliphatic carbocycles. The Morgan fingerprint density at radius 1 is 1.50 bits per heavy atom. The van der Waals surface area contributed by atoms with Crippen LogP contribution >= 0.6 is 0 Å². The van der Waals surface area contributed by atoms with Gasteiger partial charge in [0.2, 0.25) is 0 Å². The van der Waals surface area contributed by atoms with Crippen molar-refractivity contribution in [2.45, 2.75) is 19.3 Å². The van der Waals surface area contributed by atoms with Gasteiger partial charge in [0, 0.05) is 5.39 Å². The number of carbonyl (C=O) groups is 1. The van der Waals surface area contributed by atoms with Crippen molar-refractivity contribution in [2.24, 2.45) is 0 Å². The second-order valence-corrected chi connectivity index (χ2v) is 3.63. The number of carboxylic acid groups (broad SMARTS) is 1. The van der Waals surface area contributed by atoms with E-state index in [0.29, 0.717) is 23.2 Å². The molecular formula is C12H11FO3. The van der Waals surface area contributed by atoms with E-state index in [-0.39, 0.29) is 5.82 Å². The van der Waals surface area contributed by atoms with Gasteiger partial charge < -0.3 is 9.52 Å². The molecule has 0 aliphatic rings. The van der Waals surface area contributed by atoms with Crippen LogP contribution in [0.2, 0.25) is 0 Å². The number of hydrogen-bond acceptors (Lipinski definition) is 2. The van der Waals surface area contributed by atoms with Gasteiger partial charge in [-0.3, -0.25) is 4.79 Å². The molecule has 0 saturated heterocycles. The van der Waals surface area contributed by atoms with E-state index >= 15 is 0 Å². The van der Waals surface area contributed by atoms with Crippen molar-refractivity contribution in [1.29, 1.82) is 0 Å². The molecule has 0 saturated carbocycles. The molecule has 0 fully saturated rings. The number of aliphatic carboxylic acids is 1. The van der Waals surface area contributed by atoms with Gasteiger partial charge in [-0.1, -0.05) is 6.92 Å². The summed E-state index contributed by atoms with van der Waals surface area (Å²) in [5, 5.41) is 9.56. The monoisotopic (exact) mass is 222 g/mol. The lowest BCUT2D eigenvalue weighted by atomic mass is 10.0. The van der Waals surface area contributed by atoms with E-state index < -0.39 is 11.9 Å². The van der Waals surface area contributed by atoms with E-state index in [1.54, 1.807) is 13.0 Å². The van der Waals surface area contributed by atoms with Crippen LogP contribution in [0.3, 0.4) is 0 Å². The lowest BCUT2D eigenvalue weighted by Crippen LogP contribution is -2.09. The molecule has 16 heavy (non-hydrogen) atoms. The fourth-order valence-electron chi connectivity index (χ4n) is 1.70. The summed E-state index contributed by atoms with van der Waals surface area (Å²) >= 11 is 0. The Kier molecular flexibility index (Phi) is 2.64. The van der Waals surface area contributed by atoms with Gasteiger partial charge in [0.25, 0.3) is 0 Å². The van der Waals surface area contributed by atoms with Crippen molar-refractivity contribution in [3.05, 3.63) is 35.8 Å². The molecule has 1 atom stereocenters. The van der Waals surface area contributed by atoms with Crippen LogP contribution in [0.1, 0.15) is 25.0 Å². The van der Waals surface area contributed by atoms with Gasteiger partial charge in [0.1, 0.15) is 23.1 Å². The maximum Gasteiger partial charge on any atom is 0.314 e. The molecule has 2 aromatic rings. The SMILES string of the molecule is CCC(C(=O)O)c1cc2cc(F)ccc2o1. The third-order valence-corrected chi connectivity index (χ3v) is 2.55. The molecule has 3 nitrogen and oxygen atoms in total. The van der Waals surface area contributed by atoms with Crippen molar-refractivity contribution in [1.82, 2.24) is 0 Å². The number of hydrogen-bond donors (Lipinski definition) is 1. The maximum atomic E-state index is 12.9. The summed E-state index contributed by atoms with van der Waals surface area (Å²) in [5.41, 5.74) is 0.510. The smallest absolute Gasteiger partial charge is 0.314 e. The van der Waals surface area contributed by atoms with E-state index in [9.17, 15) is 9.18 Å². The molecule has 1 heterocycles. The van der Waals surface area contributed by atoms with Crippen molar-refractivity contribution < 1.29 is 18.7 Å². The van der Waals surface area contributed by atoms with Crippen molar-refractivity contribution in [3.8, 4) is 0 Å². The minimum atomic E-state index is -0.929. The lowest BCUT2D eigenvalue weighted by Gasteiger charge is -2.04. The molecule has 1 aromatic carbocycles. The zero-order chi connectivity index (χ0) is 11.7. The predicted octanol–water partition coefficient (Wildman–Crippen LogP) is 3.15. The summed E-state index contributed by atoms with van der Waals surface area (Å²) in [6.45, 7) is 1.77. The number of carboxylic acids is 1. The molecule has 2 rings (SSSR count). The standard InChI is InChI=1S/C12H11FO3/c1-2-9(12(14)15)11-6-7-5-8(13)3-4-10(7)16-11/h3-6,9H,2H2,1H3,(H,14,15). The van der Waals surface area contributed by atoms with E-state index in [1.165, 1.54) is 18.2 Å². The van der Waals surface area contributed by atoms with Crippen LogP contribution in [0, 0.1) is 5.82 Å². The first-order valence-electron chi connectivity index (χ1n) is 5.03. The first kappa shape index (κ1) is 10.7. The molecule has 0 aliphatic heterocycles. The lowest BCUT2D eigenvalue weighted by molar-refractivity contribution is -0.139. The fourth-order valence-corrected chi connectivity index (χ4v) is 1.70. The van der Waals surface area contributed by atoms with Crippen LogP contribution in [0.15, 0.2) is 28.7 Å². The highest BCUT2D eigenvalue weighted by molar-refractivity contribution is 5.81. The van der Waals surface area contributed by atoms with Crippen molar-refractivity contribution in [3.63, 3.8) is 0 Å². The largest absolute Gasteiger partial charge is 0.481 e. The third-order valence-electron chi connectivity index (χ3n) is 2.55. The van der Waals surface area contributed by atoms with Crippen LogP contribution in [0.4, 0.5) is 4.39 Å². The average molecular weight is 222 g/mol. The van der Waals surface area contributed by atoms with Crippen LogP contribution in [-0.2, 0) is 4.79 Å². The van der Waals surface area contributed by atoms with Gasteiger partial charge in [0.05, 0.1) is 0 Å². The molecule has 0 radical (unpaired) electrons. The molecule has 1 N–H and O–H groups in total. The normalized spacial score (nSPS) is 12.9. The van der Waals surface area contributed by atoms with Crippen LogP contribution in [0.25, 0.3) is 11.0 Å². The average Bonchev–Trinajstić information content (AvgIpc) is 2.60. The zero-order valence-electron chi connectivity index (χ0n) is 8.74. The van der Waals surface area contributed by atoms with Crippen molar-refractivity contribution >= 4 is 16.9 Å². The number of fused-ring (bicyclic) bond motifs is 1. The minimum Gasteiger partial charge on any atom is -0.481 e. The Morgan fingerprint density at radius 2 is 2.25 bits per heavy atom. The van der Waals surface area contributed by atoms with Gasteiger partial charge in [-0.2, -0.15) is 0 Å². The summed E-state index contributed by atoms with van der Waals surface area (Å²) in [4.78, 5) is 10.9. The van der Waals surface area contributed by atoms with Gasteiger partial charge in [0.15, 0.2) is 0 Å². The summed E-state index contributed by atoms with van der Waals surface area (Å²) in [6.07, 6.45) is 0.442. The minimum absolute atomic E-state index is 0.358. The predicted molar refractivity (Wildman–Crippen MR) is 56.8 cm³/mol. The second kappa shape index (κ2) is 3.96. The van der Waals surface area contributed by atoms with Gasteiger partial charge in [-0.05, 0) is 30.7 Å². The molecule has 0 bridgehead atoms. The van der Waals surface area contributed by atoms with E-state index in [0.717, 1.165) is 0 Å². The Balaban J connectivity index is 2.49. The summed E-state index contributed by atoms with van der Waals surface area (Å²) in [5.74, 6) is -1.59. The highest BCUT2D eigenvalue weighted by Gasteiger charge is 2.21. The third kappa shape index (κ3) is 1.78. The van der Waals surface area contributed by atoms with Gasteiger partial charge in [-0.15, -0.1) is 0 Å². The Hall–Kier alpha value is -1.84. The fraction of sp³-hybridized carbons (Fsp3) is 0.250. The summed E-state index contributed by atoms with van der Waals surface area (Å²) < 4.78 is 18.3. The Morgan fingerprint density at radius 3 is 2.88 bits per heavy atom. The van der Waals surface area contributed by atoms with E-state index in [2.05, 4.69) is 0 Å². The molecular weight excluding hydrogens is 211 g/mol. The molecule has 0 spiro atoms. The molecule has 1 unspecified atom stereocenters. The molecule has 1 aromatic heterocycles. The summed E-state index contributed by atoms with van der Waals surface area (Å²) in [6, 6.07) is 5.71. The van der Waals surface area contributed by atoms with Crippen LogP contribution < -0.4 is 0 Å². The number of rotatable bonds is 3. The molecule has 4 heteroatoms. The van der Waals surface area contributed by atoms with Crippen LogP contribution in [-0.4, -0.2) is 11.1 Å². The highest BCUT2D eigenvalue weighted by Crippen LogP contribution is 2.27. The maximum absolute atomic E-state index is 12.9. The first-order valence-corrected chi connectivity index (χ1v) is 5.03. The van der Waals surface area contributed by atoms with Gasteiger partial charge in [-0.25, -0.2) is 4.39 Å². The van der Waals surface area contributed by atoms with E-state index in [1.807, 2.05) is 0 Å². The highest BCUT2D eigenvalue weighted by atomic mass is 19.1. The molecule has 0 amide bonds. The summed E-state index contributed by atoms with van der Waals surface area (Å²) in [7, 11) is 0. The van der Waals surface area contributed by atoms with Gasteiger partial charge >= 0.3 is 5.97 Å². The Labute approximate surface area is 91.5 Å². The number of halogens is 1. The van der Waals surface area contributed by atoms with Crippen molar-refractivity contribution in [2.75, 3.05) is 0 Å². The molecule has 84 valence electrons. The van der Waals surface area contributed by atoms with Crippen LogP contribution in [0.5, 0.6) is 0 Å². The zero-order valence-corrected chi connectivity index (χ0v) is 8.74. The number of furan rings is 1. The number of benzene rings is 1.